The highest BCUT2D eigenvalue weighted by atomic mass is 32.2. The normalized spacial score (nSPS) is 19.0. The van der Waals surface area contributed by atoms with E-state index in [0.29, 0.717) is 46.3 Å². The quantitative estimate of drug-likeness (QED) is 0.280. The topological polar surface area (TPSA) is 155 Å². The summed E-state index contributed by atoms with van der Waals surface area (Å²) < 4.78 is 33.5. The van der Waals surface area contributed by atoms with Gasteiger partial charge in [-0.1, -0.05) is 0 Å². The molecule has 7 N–H and O–H groups in total. The smallest absolute Gasteiger partial charge is 0.240 e. The first-order valence-electron chi connectivity index (χ1n) is 11.3. The molecule has 3 aliphatic heterocycles. The maximum atomic E-state index is 12.5. The van der Waals surface area contributed by atoms with Crippen LogP contribution in [-0.2, 0) is 22.8 Å². The summed E-state index contributed by atoms with van der Waals surface area (Å²) >= 11 is 0. The summed E-state index contributed by atoms with van der Waals surface area (Å²) in [4.78, 5) is 16.4. The van der Waals surface area contributed by atoms with Gasteiger partial charge in [0.1, 0.15) is 11.6 Å². The van der Waals surface area contributed by atoms with Crippen LogP contribution in [-0.4, -0.2) is 64.3 Å². The van der Waals surface area contributed by atoms with Crippen LogP contribution in [0.1, 0.15) is 26.5 Å². The summed E-state index contributed by atoms with van der Waals surface area (Å²) in [5, 5.41) is 9.78. The first-order chi connectivity index (χ1) is 15.9. The van der Waals surface area contributed by atoms with E-state index in [-0.39, 0.29) is 12.2 Å². The number of nitrogens with zero attached hydrogens (tertiary/aromatic N) is 2. The predicted octanol–water partition coefficient (Wildman–Crippen LogP) is 2.20. The number of aromatic amines is 4. The number of sulfone groups is 1. The van der Waals surface area contributed by atoms with Gasteiger partial charge in [-0.05, 0) is 20.8 Å². The molecule has 178 valence electrons. The van der Waals surface area contributed by atoms with Crippen LogP contribution in [0, 0.1) is 0 Å². The number of hydrogen-bond acceptors (Lipinski definition) is 7. The number of aromatic nitrogens is 5. The lowest BCUT2D eigenvalue weighted by molar-refractivity contribution is 0.526. The second kappa shape index (κ2) is 7.07. The molecule has 0 aromatic carbocycles. The number of aryl methyl sites for hydroxylation is 1. The van der Waals surface area contributed by atoms with Crippen LogP contribution in [0.3, 0.4) is 0 Å². The molecule has 6 heterocycles. The van der Waals surface area contributed by atoms with E-state index in [1.165, 1.54) is 0 Å². The van der Waals surface area contributed by atoms with E-state index in [4.69, 9.17) is 4.42 Å². The van der Waals surface area contributed by atoms with Gasteiger partial charge in [-0.15, -0.1) is 0 Å². The van der Waals surface area contributed by atoms with Gasteiger partial charge in [0.05, 0.1) is 10.7 Å². The van der Waals surface area contributed by atoms with E-state index in [0.717, 1.165) is 42.6 Å². The van der Waals surface area contributed by atoms with E-state index in [1.807, 2.05) is 0 Å². The SMILES string of the molecule is CCn1c2c([nH]c3[nH]c4[nH]c5c(oc4[nH]c31)CC1=C(NCCS1(=O)=O)N5)NCCN2C(C)C. The van der Waals surface area contributed by atoms with Gasteiger partial charge in [0.2, 0.25) is 5.71 Å². The Morgan fingerprint density at radius 2 is 1.85 bits per heavy atom. The Balaban J connectivity index is 1.54. The van der Waals surface area contributed by atoms with Gasteiger partial charge in [-0.2, -0.15) is 0 Å². The molecule has 12 nitrogen and oxygen atoms in total. The fourth-order valence-corrected chi connectivity index (χ4v) is 6.26. The molecular formula is C20H29N9O3S. The molecule has 3 aliphatic rings. The van der Waals surface area contributed by atoms with E-state index >= 15 is 0 Å². The Bertz CT molecular complexity index is 1470. The molecule has 6 rings (SSSR count). The summed E-state index contributed by atoms with van der Waals surface area (Å²) in [6, 6.07) is 0.351. The van der Waals surface area contributed by atoms with Crippen LogP contribution in [0.2, 0.25) is 0 Å². The van der Waals surface area contributed by atoms with E-state index in [9.17, 15) is 8.42 Å². The molecule has 0 amide bonds. The molecule has 13 heteroatoms. The fraction of sp³-hybridized carbons (Fsp3) is 0.500. The maximum Gasteiger partial charge on any atom is 0.240 e. The average Bonchev–Trinajstić information content (AvgIpc) is 2.78. The number of fused-ring (bicyclic) bond motifs is 4. The minimum absolute atomic E-state index is 0.0858. The van der Waals surface area contributed by atoms with Crippen molar-refractivity contribution < 1.29 is 12.8 Å². The monoisotopic (exact) mass is 475 g/mol. The highest BCUT2D eigenvalue weighted by Gasteiger charge is 2.33. The minimum Gasteiger partial charge on any atom is -0.438 e. The number of hydrogen-bond donors (Lipinski definition) is 7. The van der Waals surface area contributed by atoms with Gasteiger partial charge >= 0.3 is 0 Å². The molecule has 0 bridgehead atoms. The first-order valence-corrected chi connectivity index (χ1v) is 13.0. The van der Waals surface area contributed by atoms with Crippen LogP contribution < -0.4 is 20.9 Å². The molecule has 3 aromatic rings. The molecule has 0 radical (unpaired) electrons. The number of H-pyrrole nitrogens is 4. The molecule has 0 spiro atoms. The molecule has 33 heavy (non-hydrogen) atoms. The van der Waals surface area contributed by atoms with Gasteiger partial charge in [0.25, 0.3) is 0 Å². The van der Waals surface area contributed by atoms with Gasteiger partial charge in [-0.25, -0.2) is 8.42 Å². The fourth-order valence-electron chi connectivity index (χ4n) is 4.86. The third-order valence-electron chi connectivity index (χ3n) is 6.46. The average molecular weight is 476 g/mol. The lowest BCUT2D eigenvalue weighted by Crippen LogP contribution is -2.41. The van der Waals surface area contributed by atoms with Gasteiger partial charge < -0.3 is 49.8 Å². The van der Waals surface area contributed by atoms with Gasteiger partial charge in [0, 0.05) is 38.6 Å². The molecular weight excluding hydrogens is 446 g/mol. The van der Waals surface area contributed by atoms with Crippen molar-refractivity contribution in [2.24, 2.45) is 0 Å². The van der Waals surface area contributed by atoms with Gasteiger partial charge in [0.15, 0.2) is 44.2 Å². The van der Waals surface area contributed by atoms with Crippen LogP contribution in [0.15, 0.2) is 15.1 Å². The second-order valence-electron chi connectivity index (χ2n) is 8.83. The van der Waals surface area contributed by atoms with Crippen molar-refractivity contribution in [3.8, 4) is 0 Å². The minimum atomic E-state index is -3.31. The molecule has 0 aliphatic carbocycles. The largest absolute Gasteiger partial charge is 0.438 e. The number of anilines is 3. The van der Waals surface area contributed by atoms with E-state index in [1.54, 1.807) is 0 Å². The molecule has 0 unspecified atom stereocenters. The lowest BCUT2D eigenvalue weighted by atomic mass is 10.2. The first kappa shape index (κ1) is 20.3. The molecule has 0 saturated heterocycles. The summed E-state index contributed by atoms with van der Waals surface area (Å²) in [5.74, 6) is 3.82. The van der Waals surface area contributed by atoms with Crippen molar-refractivity contribution in [3.63, 3.8) is 0 Å². The Kier molecular flexibility index (Phi) is 4.34. The van der Waals surface area contributed by atoms with Crippen LogP contribution in [0.4, 0.5) is 17.5 Å². The lowest BCUT2D eigenvalue weighted by Gasteiger charge is -2.37. The highest BCUT2D eigenvalue weighted by molar-refractivity contribution is 7.95. The van der Waals surface area contributed by atoms with E-state index < -0.39 is 9.84 Å². The third kappa shape index (κ3) is 3.05. The summed E-state index contributed by atoms with van der Waals surface area (Å²) in [5.41, 5.74) is 2.81. The van der Waals surface area contributed by atoms with Gasteiger partial charge in [-0.3, -0.25) is 0 Å². The van der Waals surface area contributed by atoms with Crippen molar-refractivity contribution in [1.29, 1.82) is 0 Å². The zero-order valence-corrected chi connectivity index (χ0v) is 19.7. The Morgan fingerprint density at radius 3 is 2.64 bits per heavy atom. The number of allylic oxidation sites excluding steroid dienone is 1. The Morgan fingerprint density at radius 1 is 1.03 bits per heavy atom. The van der Waals surface area contributed by atoms with Crippen LogP contribution in [0.5, 0.6) is 0 Å². The zero-order chi connectivity index (χ0) is 22.9. The van der Waals surface area contributed by atoms with Crippen molar-refractivity contribution in [1.82, 2.24) is 29.8 Å². The summed E-state index contributed by atoms with van der Waals surface area (Å²) in [6.45, 7) is 9.41. The number of nitrogens with one attached hydrogen (secondary N) is 7. The number of rotatable bonds is 2. The highest BCUT2D eigenvalue weighted by Crippen LogP contribution is 2.34. The van der Waals surface area contributed by atoms with Crippen LogP contribution >= 0.6 is 0 Å². The molecule has 3 aromatic heterocycles. The zero-order valence-electron chi connectivity index (χ0n) is 18.8. The maximum absolute atomic E-state index is 12.5. The second-order valence-corrected chi connectivity index (χ2v) is 11.0. The molecule has 0 atom stereocenters. The Hall–Kier alpha value is -3.35. The standard InChI is InChI=1S/C20H29N9O3S/c1-4-28-18-15(26-17-20(28)29(10(2)3)7-5-21-17)25-16-19(27-18)32-11-9-12-14(23-13(11)24-16)22-6-8-33(12,30)31/h10,21-27H,4-9H2,1-3H3. The van der Waals surface area contributed by atoms with Crippen molar-refractivity contribution in [2.45, 2.75) is 39.8 Å². The molecule has 0 saturated carbocycles. The van der Waals surface area contributed by atoms with E-state index in [2.05, 4.69) is 66.1 Å². The summed E-state index contributed by atoms with van der Waals surface area (Å²) in [6.07, 6.45) is 0.195. The van der Waals surface area contributed by atoms with Crippen molar-refractivity contribution >= 4 is 49.9 Å². The summed E-state index contributed by atoms with van der Waals surface area (Å²) in [7, 11) is -3.31. The van der Waals surface area contributed by atoms with Crippen molar-refractivity contribution in [3.05, 3.63) is 16.5 Å². The predicted molar refractivity (Wildman–Crippen MR) is 128 cm³/mol. The Labute approximate surface area is 190 Å². The molecule has 0 fully saturated rings. The third-order valence-corrected chi connectivity index (χ3v) is 8.30. The van der Waals surface area contributed by atoms with Crippen LogP contribution in [0.25, 0.3) is 22.7 Å². The van der Waals surface area contributed by atoms with Crippen molar-refractivity contribution in [2.75, 3.05) is 40.9 Å².